The molecular formula is C29H26F4INO3. The van der Waals surface area contributed by atoms with Crippen LogP contribution in [0.2, 0.25) is 0 Å². The van der Waals surface area contributed by atoms with Crippen molar-refractivity contribution in [2.45, 2.75) is 35.9 Å². The molecule has 0 atom stereocenters. The number of carbonyl (C=O) groups is 1. The fourth-order valence-electron chi connectivity index (χ4n) is 3.91. The van der Waals surface area contributed by atoms with E-state index in [4.69, 9.17) is 9.49 Å². The number of terminal acetylenes is 1. The average molecular weight is 639 g/mol. The van der Waals surface area contributed by atoms with E-state index >= 15 is 8.78 Å². The quantitative estimate of drug-likeness (QED) is 0.114. The zero-order valence-corrected chi connectivity index (χ0v) is 23.1. The summed E-state index contributed by atoms with van der Waals surface area (Å²) in [6.45, 7) is 3.54. The molecule has 9 heteroatoms. The molecule has 3 aromatic rings. The molecular weight excluding hydrogens is 613 g/mol. The van der Waals surface area contributed by atoms with E-state index in [1.165, 1.54) is 35.2 Å². The minimum absolute atomic E-state index is 0.163. The second kappa shape index (κ2) is 10.6. The first-order valence-corrected chi connectivity index (χ1v) is 14.7. The van der Waals surface area contributed by atoms with Crippen LogP contribution in [0.1, 0.15) is 40.9 Å². The van der Waals surface area contributed by atoms with Gasteiger partial charge in [0, 0.05) is 5.56 Å². The van der Waals surface area contributed by atoms with Crippen LogP contribution in [-0.4, -0.2) is 34.4 Å². The van der Waals surface area contributed by atoms with Gasteiger partial charge in [0.1, 0.15) is 0 Å². The van der Waals surface area contributed by atoms with Gasteiger partial charge in [-0.15, -0.1) is 6.42 Å². The number of alkyl halides is 5. The second-order valence-corrected chi connectivity index (χ2v) is 13.7. The van der Waals surface area contributed by atoms with Gasteiger partial charge < -0.3 is 0 Å². The third-order valence-electron chi connectivity index (χ3n) is 6.07. The molecule has 0 fully saturated rings. The Balaban J connectivity index is 1.39. The smallest absolute Gasteiger partial charge is 0.0457 e. The van der Waals surface area contributed by atoms with Crippen molar-refractivity contribution in [3.63, 3.8) is 0 Å². The van der Waals surface area contributed by atoms with E-state index < -0.39 is 35.9 Å². The predicted octanol–water partition coefficient (Wildman–Crippen LogP) is 7.10. The first-order chi connectivity index (χ1) is 17.9. The standard InChI is InChI=1S/C29H26F4INO3/c1-5-20-10-14-22(15-11-20)26(36)35(4)19-18-21-12-16-23(17-13-21)37-29(32,33)28(30,31)34-25-9-7-6-8-24(25)27(2,3)38-34/h1,6-17H,18-19H2,2-4H3. The minimum Gasteiger partial charge on any atom is -0.0482 e. The van der Waals surface area contributed by atoms with Crippen LogP contribution < -0.4 is 4.74 Å². The molecule has 3 aromatic carbocycles. The van der Waals surface area contributed by atoms with E-state index in [1.807, 2.05) is 0 Å². The van der Waals surface area contributed by atoms with E-state index in [1.54, 1.807) is 63.4 Å². The molecule has 1 aliphatic heterocycles. The Bertz CT molecular complexity index is 1350. The van der Waals surface area contributed by atoms with Crippen LogP contribution in [0.5, 0.6) is 5.75 Å². The summed E-state index contributed by atoms with van der Waals surface area (Å²) in [7, 11) is 1.65. The van der Waals surface area contributed by atoms with E-state index in [9.17, 15) is 13.6 Å². The minimum atomic E-state index is -4.77. The fraction of sp³-hybridized carbons (Fsp3) is 0.276. The number of hydrogen-bond acceptors (Lipinski definition) is 3. The molecule has 200 valence electrons. The molecule has 0 aliphatic carbocycles. The van der Waals surface area contributed by atoms with E-state index in [0.29, 0.717) is 29.7 Å². The van der Waals surface area contributed by atoms with Gasteiger partial charge in [0.2, 0.25) is 0 Å². The monoisotopic (exact) mass is 639 g/mol. The summed E-state index contributed by atoms with van der Waals surface area (Å²) in [4.78, 5) is 14.1. The summed E-state index contributed by atoms with van der Waals surface area (Å²) in [6.07, 6.45) is 0.987. The van der Waals surface area contributed by atoms with Crippen molar-refractivity contribution in [1.82, 2.24) is 4.90 Å². The maximum Gasteiger partial charge on any atom is -0.0457 e. The molecule has 0 spiro atoms. The Morgan fingerprint density at radius 3 is 2.29 bits per heavy atom. The Hall–Kier alpha value is -3.10. The summed E-state index contributed by atoms with van der Waals surface area (Å²) >= 11 is -4.13. The molecule has 38 heavy (non-hydrogen) atoms. The van der Waals surface area contributed by atoms with Gasteiger partial charge in [0.05, 0.1) is 0 Å². The number of nitrogens with zero attached hydrogens (tertiary/aromatic N) is 1. The van der Waals surface area contributed by atoms with Gasteiger partial charge in [-0.05, 0) is 24.3 Å². The first-order valence-electron chi connectivity index (χ1n) is 11.7. The molecule has 4 rings (SSSR count). The Kier molecular flexibility index (Phi) is 7.77. The molecule has 1 amide bonds. The Morgan fingerprint density at radius 1 is 1.03 bits per heavy atom. The molecule has 0 radical (unpaired) electrons. The number of halogens is 5. The number of likely N-dealkylation sites (N-methyl/N-ethyl adjacent to an activating group) is 1. The van der Waals surface area contributed by atoms with E-state index in [2.05, 4.69) is 10.7 Å². The number of carbonyl (C=O) groups excluding carboxylic acids is 1. The number of fused-ring (bicyclic) bond motifs is 1. The molecule has 0 N–H and O–H groups in total. The van der Waals surface area contributed by atoms with Gasteiger partial charge in [0.15, 0.2) is 0 Å². The van der Waals surface area contributed by atoms with Gasteiger partial charge in [0.25, 0.3) is 0 Å². The summed E-state index contributed by atoms with van der Waals surface area (Å²) in [5.41, 5.74) is 1.29. The van der Waals surface area contributed by atoms with Gasteiger partial charge in [-0.3, -0.25) is 0 Å². The van der Waals surface area contributed by atoms with E-state index in [-0.39, 0.29) is 15.2 Å². The molecule has 0 aromatic heterocycles. The van der Waals surface area contributed by atoms with Crippen LogP contribution in [0.25, 0.3) is 0 Å². The van der Waals surface area contributed by atoms with Crippen molar-refractivity contribution in [2.24, 2.45) is 0 Å². The molecule has 1 aliphatic rings. The maximum absolute atomic E-state index is 15.2. The predicted molar refractivity (Wildman–Crippen MR) is 145 cm³/mol. The van der Waals surface area contributed by atoms with Crippen LogP contribution in [0.3, 0.4) is 0 Å². The van der Waals surface area contributed by atoms with Crippen LogP contribution in [0, 0.1) is 15.9 Å². The van der Waals surface area contributed by atoms with Crippen molar-refractivity contribution >= 4 is 26.1 Å². The van der Waals surface area contributed by atoms with Crippen molar-refractivity contribution in [1.29, 1.82) is 0 Å². The van der Waals surface area contributed by atoms with Gasteiger partial charge in [-0.25, -0.2) is 0 Å². The zero-order chi connectivity index (χ0) is 27.7. The number of ether oxygens (including phenoxy) is 1. The van der Waals surface area contributed by atoms with Crippen molar-refractivity contribution in [2.75, 3.05) is 13.6 Å². The topological polar surface area (TPSA) is 38.8 Å². The van der Waals surface area contributed by atoms with Crippen LogP contribution >= 0.6 is 20.2 Å². The molecule has 0 unspecified atom stereocenters. The zero-order valence-electron chi connectivity index (χ0n) is 21.0. The molecule has 0 saturated heterocycles. The number of amides is 1. The molecule has 0 saturated carbocycles. The van der Waals surface area contributed by atoms with E-state index in [0.717, 1.165) is 5.56 Å². The fourth-order valence-corrected chi connectivity index (χ4v) is 9.06. The second-order valence-electron chi connectivity index (χ2n) is 9.28. The first kappa shape index (κ1) is 27.9. The summed E-state index contributed by atoms with van der Waals surface area (Å²) in [5, 5.41) is 0. The van der Waals surface area contributed by atoms with Crippen LogP contribution in [0.4, 0.5) is 17.6 Å². The van der Waals surface area contributed by atoms with Crippen molar-refractivity contribution in [3.8, 4) is 18.1 Å². The third-order valence-corrected chi connectivity index (χ3v) is 11.5. The van der Waals surface area contributed by atoms with Crippen molar-refractivity contribution in [3.05, 3.63) is 98.6 Å². The number of rotatable bonds is 8. The van der Waals surface area contributed by atoms with Gasteiger partial charge >= 0.3 is 185 Å². The molecule has 0 bridgehead atoms. The Labute approximate surface area is 226 Å². The van der Waals surface area contributed by atoms with Gasteiger partial charge in [-0.2, -0.15) is 0 Å². The van der Waals surface area contributed by atoms with Crippen LogP contribution in [0.15, 0.2) is 72.8 Å². The average Bonchev–Trinajstić information content (AvgIpc) is 3.19. The molecule has 1 heterocycles. The van der Waals surface area contributed by atoms with Gasteiger partial charge in [-0.1, -0.05) is 5.92 Å². The SMILES string of the molecule is C#Cc1ccc(C(=O)N(C)CCc2ccc(OC(F)(F)C(F)(F)I3OC(C)(C)c4ccccc43)cc2)cc1. The summed E-state index contributed by atoms with van der Waals surface area (Å²) < 4.78 is 65.9. The largest absolute Gasteiger partial charge is 0.0482 e. The third kappa shape index (κ3) is 5.52. The number of hydrogen-bond donors (Lipinski definition) is 0. The maximum atomic E-state index is 15.2. The summed E-state index contributed by atoms with van der Waals surface area (Å²) in [6, 6.07) is 18.4. The number of benzene rings is 3. The molecule has 4 nitrogen and oxygen atoms in total. The van der Waals surface area contributed by atoms with Crippen LogP contribution in [-0.2, 0) is 15.1 Å². The Morgan fingerprint density at radius 2 is 1.66 bits per heavy atom. The van der Waals surface area contributed by atoms with Crippen molar-refractivity contribution < 1.29 is 30.2 Å². The normalized spacial score (nSPS) is 15.5. The summed E-state index contributed by atoms with van der Waals surface area (Å²) in [5.74, 6) is 1.90.